The molecule has 0 aromatic heterocycles. The van der Waals surface area contributed by atoms with Crippen LogP contribution in [0.15, 0.2) is 0 Å². The normalized spacial score (nSPS) is 13.3. The van der Waals surface area contributed by atoms with E-state index < -0.39 is 42.0 Å². The molecule has 7 heteroatoms. The van der Waals surface area contributed by atoms with Crippen molar-refractivity contribution in [3.8, 4) is 0 Å². The van der Waals surface area contributed by atoms with Gasteiger partial charge >= 0.3 is 12.1 Å². The van der Waals surface area contributed by atoms with Gasteiger partial charge in [0.1, 0.15) is 11.7 Å². The van der Waals surface area contributed by atoms with Gasteiger partial charge < -0.3 is 4.74 Å². The summed E-state index contributed by atoms with van der Waals surface area (Å²) in [4.78, 5) is 33.8. The Morgan fingerprint density at radius 2 is 1.67 bits per heavy atom. The highest BCUT2D eigenvalue weighted by molar-refractivity contribution is 6.03. The molecular formula is C11H15F3O4. The lowest BCUT2D eigenvalue weighted by atomic mass is 9.91. The quantitative estimate of drug-likeness (QED) is 0.545. The summed E-state index contributed by atoms with van der Waals surface area (Å²) >= 11 is 0. The summed E-state index contributed by atoms with van der Waals surface area (Å²) in [7, 11) is 0. The minimum Gasteiger partial charge on any atom is -0.465 e. The van der Waals surface area contributed by atoms with Crippen LogP contribution in [0.4, 0.5) is 13.2 Å². The molecule has 0 fully saturated rings. The van der Waals surface area contributed by atoms with E-state index in [-0.39, 0.29) is 6.61 Å². The van der Waals surface area contributed by atoms with Crippen LogP contribution in [0.25, 0.3) is 0 Å². The maximum absolute atomic E-state index is 12.1. The average molecular weight is 268 g/mol. The molecule has 0 aliphatic rings. The first-order chi connectivity index (χ1) is 8.11. The molecule has 0 aromatic rings. The molecule has 0 saturated carbocycles. The summed E-state index contributed by atoms with van der Waals surface area (Å²) in [6.07, 6.45) is -6.25. The van der Waals surface area contributed by atoms with Gasteiger partial charge in [-0.25, -0.2) is 0 Å². The summed E-state index contributed by atoms with van der Waals surface area (Å²) in [6, 6.07) is 0. The first-order valence-corrected chi connectivity index (χ1v) is 5.41. The van der Waals surface area contributed by atoms with Crippen molar-refractivity contribution >= 4 is 17.5 Å². The zero-order valence-electron chi connectivity index (χ0n) is 10.3. The third-order valence-corrected chi connectivity index (χ3v) is 2.19. The van der Waals surface area contributed by atoms with E-state index in [9.17, 15) is 27.6 Å². The van der Waals surface area contributed by atoms with E-state index in [4.69, 9.17) is 0 Å². The second-order valence-corrected chi connectivity index (χ2v) is 3.99. The molecule has 0 N–H and O–H groups in total. The Hall–Kier alpha value is -1.40. The second-order valence-electron chi connectivity index (χ2n) is 3.99. The molecule has 0 bridgehead atoms. The van der Waals surface area contributed by atoms with E-state index in [1.807, 2.05) is 0 Å². The molecule has 0 aliphatic heterocycles. The molecule has 0 radical (unpaired) electrons. The highest BCUT2D eigenvalue weighted by Gasteiger charge is 2.43. The Balaban J connectivity index is 4.95. The smallest absolute Gasteiger partial charge is 0.450 e. The molecule has 0 saturated heterocycles. The third kappa shape index (κ3) is 4.85. The van der Waals surface area contributed by atoms with Crippen molar-refractivity contribution in [1.82, 2.24) is 0 Å². The zero-order valence-corrected chi connectivity index (χ0v) is 10.3. The van der Waals surface area contributed by atoms with Crippen molar-refractivity contribution in [2.75, 3.05) is 6.61 Å². The molecule has 0 aliphatic carbocycles. The number of rotatable bonds is 6. The van der Waals surface area contributed by atoms with Crippen LogP contribution in [-0.2, 0) is 19.1 Å². The molecule has 0 amide bonds. The van der Waals surface area contributed by atoms with Crippen molar-refractivity contribution in [3.63, 3.8) is 0 Å². The van der Waals surface area contributed by atoms with Gasteiger partial charge in [-0.1, -0.05) is 13.8 Å². The van der Waals surface area contributed by atoms with Gasteiger partial charge in [0.05, 0.1) is 6.61 Å². The average Bonchev–Trinajstić information content (AvgIpc) is 2.23. The van der Waals surface area contributed by atoms with Gasteiger partial charge in [0.15, 0.2) is 0 Å². The summed E-state index contributed by atoms with van der Waals surface area (Å²) in [5, 5.41) is 0. The summed E-state index contributed by atoms with van der Waals surface area (Å²) in [6.45, 7) is 4.26. The fraction of sp³-hybridized carbons (Fsp3) is 0.727. The summed E-state index contributed by atoms with van der Waals surface area (Å²) in [5.41, 5.74) is 0. The number of esters is 1. The summed E-state index contributed by atoms with van der Waals surface area (Å²) in [5.74, 6) is -6.26. The largest absolute Gasteiger partial charge is 0.465 e. The van der Waals surface area contributed by atoms with Crippen LogP contribution in [0.3, 0.4) is 0 Å². The van der Waals surface area contributed by atoms with E-state index >= 15 is 0 Å². The molecular weight excluding hydrogens is 253 g/mol. The minimum atomic E-state index is -5.05. The number of hydrogen-bond acceptors (Lipinski definition) is 4. The van der Waals surface area contributed by atoms with Crippen LogP contribution in [0.1, 0.15) is 27.2 Å². The van der Waals surface area contributed by atoms with Crippen molar-refractivity contribution < 1.29 is 32.3 Å². The number of alkyl halides is 3. The van der Waals surface area contributed by atoms with Gasteiger partial charge in [-0.2, -0.15) is 13.2 Å². The lowest BCUT2D eigenvalue weighted by Gasteiger charge is -2.16. The van der Waals surface area contributed by atoms with Gasteiger partial charge in [-0.05, 0) is 6.92 Å². The maximum atomic E-state index is 12.1. The van der Waals surface area contributed by atoms with Crippen LogP contribution in [0.2, 0.25) is 0 Å². The van der Waals surface area contributed by atoms with E-state index in [1.54, 1.807) is 0 Å². The zero-order chi connectivity index (χ0) is 14.5. The van der Waals surface area contributed by atoms with Gasteiger partial charge in [-0.15, -0.1) is 0 Å². The molecule has 4 nitrogen and oxygen atoms in total. The first kappa shape index (κ1) is 16.6. The highest BCUT2D eigenvalue weighted by atomic mass is 19.4. The van der Waals surface area contributed by atoms with Crippen molar-refractivity contribution in [2.24, 2.45) is 11.8 Å². The SMILES string of the molecule is CCOC(=O)C(CC(=O)C(F)(F)F)C(=O)C(C)C. The van der Waals surface area contributed by atoms with Gasteiger partial charge in [0, 0.05) is 12.3 Å². The van der Waals surface area contributed by atoms with Crippen LogP contribution in [0, 0.1) is 11.8 Å². The van der Waals surface area contributed by atoms with Crippen LogP contribution in [0.5, 0.6) is 0 Å². The summed E-state index contributed by atoms with van der Waals surface area (Å²) < 4.78 is 40.8. The van der Waals surface area contributed by atoms with E-state index in [1.165, 1.54) is 20.8 Å². The number of carbonyl (C=O) groups is 3. The Labute approximate surface area is 102 Å². The Morgan fingerprint density at radius 1 is 1.17 bits per heavy atom. The molecule has 1 unspecified atom stereocenters. The number of halogens is 3. The first-order valence-electron chi connectivity index (χ1n) is 5.41. The van der Waals surface area contributed by atoms with Crippen LogP contribution < -0.4 is 0 Å². The Kier molecular flexibility index (Phi) is 6.00. The van der Waals surface area contributed by atoms with E-state index in [2.05, 4.69) is 4.74 Å². The molecule has 104 valence electrons. The van der Waals surface area contributed by atoms with Gasteiger partial charge in [-0.3, -0.25) is 14.4 Å². The molecule has 0 rings (SSSR count). The predicted octanol–water partition coefficient (Wildman–Crippen LogP) is 1.91. The number of Topliss-reactive ketones (excluding diaryl/α,β-unsaturated/α-hetero) is 2. The molecule has 0 aromatic carbocycles. The van der Waals surface area contributed by atoms with Gasteiger partial charge in [0.2, 0.25) is 5.78 Å². The fourth-order valence-corrected chi connectivity index (χ4v) is 1.25. The minimum absolute atomic E-state index is 0.0685. The predicted molar refractivity (Wildman–Crippen MR) is 55.6 cm³/mol. The fourth-order valence-electron chi connectivity index (χ4n) is 1.25. The topological polar surface area (TPSA) is 60.4 Å². The maximum Gasteiger partial charge on any atom is 0.450 e. The molecule has 0 heterocycles. The second kappa shape index (κ2) is 6.51. The van der Waals surface area contributed by atoms with Crippen LogP contribution in [-0.4, -0.2) is 30.3 Å². The lowest BCUT2D eigenvalue weighted by molar-refractivity contribution is -0.174. The Bertz CT molecular complexity index is 334. The number of ether oxygens (including phenoxy) is 1. The molecule has 0 spiro atoms. The Morgan fingerprint density at radius 3 is 2.00 bits per heavy atom. The molecule has 18 heavy (non-hydrogen) atoms. The number of carbonyl (C=O) groups excluding carboxylic acids is 3. The van der Waals surface area contributed by atoms with Crippen molar-refractivity contribution in [3.05, 3.63) is 0 Å². The third-order valence-electron chi connectivity index (χ3n) is 2.19. The molecule has 1 atom stereocenters. The van der Waals surface area contributed by atoms with Crippen LogP contribution >= 0.6 is 0 Å². The van der Waals surface area contributed by atoms with E-state index in [0.717, 1.165) is 0 Å². The standard InChI is InChI=1S/C11H15F3O4/c1-4-18-10(17)7(9(16)6(2)3)5-8(15)11(12,13)14/h6-7H,4-5H2,1-3H3. The van der Waals surface area contributed by atoms with Crippen molar-refractivity contribution in [1.29, 1.82) is 0 Å². The van der Waals surface area contributed by atoms with Gasteiger partial charge in [0.25, 0.3) is 0 Å². The highest BCUT2D eigenvalue weighted by Crippen LogP contribution is 2.23. The number of ketones is 2. The lowest BCUT2D eigenvalue weighted by Crippen LogP contribution is -2.35. The monoisotopic (exact) mass is 268 g/mol. The number of hydrogen-bond donors (Lipinski definition) is 0. The van der Waals surface area contributed by atoms with Crippen molar-refractivity contribution in [2.45, 2.75) is 33.4 Å². The van der Waals surface area contributed by atoms with E-state index in [0.29, 0.717) is 0 Å².